The number of hydrogen-bond donors (Lipinski definition) is 2. The third-order valence-corrected chi connectivity index (χ3v) is 2.56. The lowest BCUT2D eigenvalue weighted by atomic mass is 10.0. The first-order chi connectivity index (χ1) is 8.49. The second-order valence-electron chi connectivity index (χ2n) is 5.23. The molecule has 100 valence electrons. The van der Waals surface area contributed by atoms with Gasteiger partial charge in [-0.05, 0) is 25.8 Å². The van der Waals surface area contributed by atoms with E-state index in [0.717, 1.165) is 6.42 Å². The molecule has 3 heteroatoms. The van der Waals surface area contributed by atoms with Gasteiger partial charge in [0.25, 0.3) is 0 Å². The Morgan fingerprint density at radius 1 is 1.06 bits per heavy atom. The molecule has 0 fully saturated rings. The van der Waals surface area contributed by atoms with Gasteiger partial charge in [-0.15, -0.1) is 0 Å². The van der Waals surface area contributed by atoms with E-state index in [1.165, 1.54) is 5.56 Å². The molecule has 3 nitrogen and oxygen atoms in total. The molecule has 1 amide bonds. The van der Waals surface area contributed by atoms with E-state index in [0.29, 0.717) is 0 Å². The summed E-state index contributed by atoms with van der Waals surface area (Å²) in [5, 5.41) is 6.29. The molecular weight excluding hydrogens is 224 g/mol. The summed E-state index contributed by atoms with van der Waals surface area (Å²) in [7, 11) is 0. The van der Waals surface area contributed by atoms with Crippen LogP contribution in [0.3, 0.4) is 0 Å². The van der Waals surface area contributed by atoms with Crippen molar-refractivity contribution in [2.75, 3.05) is 0 Å². The van der Waals surface area contributed by atoms with Crippen molar-refractivity contribution in [3.05, 3.63) is 35.9 Å². The van der Waals surface area contributed by atoms with Crippen molar-refractivity contribution >= 4 is 5.91 Å². The standard InChI is InChI=1S/C15H24N2O/c1-11(2)16-14(15(18)17-12(3)4)10-13-8-6-5-7-9-13/h5-9,11-12,14,16H,10H2,1-4H3,(H,17,18)/t14-/m0/s1. The molecule has 0 heterocycles. The highest BCUT2D eigenvalue weighted by Crippen LogP contribution is 2.04. The maximum Gasteiger partial charge on any atom is 0.237 e. The zero-order valence-electron chi connectivity index (χ0n) is 11.7. The molecule has 0 aliphatic heterocycles. The highest BCUT2D eigenvalue weighted by Gasteiger charge is 2.19. The van der Waals surface area contributed by atoms with E-state index in [9.17, 15) is 4.79 Å². The molecule has 1 rings (SSSR count). The molecule has 2 N–H and O–H groups in total. The number of hydrogen-bond acceptors (Lipinski definition) is 2. The number of nitrogens with one attached hydrogen (secondary N) is 2. The minimum absolute atomic E-state index is 0.0718. The van der Waals surface area contributed by atoms with Crippen molar-refractivity contribution in [2.24, 2.45) is 0 Å². The van der Waals surface area contributed by atoms with Crippen LogP contribution in [0.15, 0.2) is 30.3 Å². The monoisotopic (exact) mass is 248 g/mol. The fourth-order valence-corrected chi connectivity index (χ4v) is 1.86. The molecule has 0 unspecified atom stereocenters. The van der Waals surface area contributed by atoms with Gasteiger partial charge in [0, 0.05) is 12.1 Å². The molecule has 0 saturated heterocycles. The van der Waals surface area contributed by atoms with E-state index in [4.69, 9.17) is 0 Å². The molecule has 0 bridgehead atoms. The molecule has 1 aromatic carbocycles. The SMILES string of the molecule is CC(C)NC(=O)[C@H](Cc1ccccc1)NC(C)C. The fraction of sp³-hybridized carbons (Fsp3) is 0.533. The Balaban J connectivity index is 2.69. The Bertz CT molecular complexity index is 360. The van der Waals surface area contributed by atoms with Crippen molar-refractivity contribution < 1.29 is 4.79 Å². The van der Waals surface area contributed by atoms with Crippen molar-refractivity contribution in [3.8, 4) is 0 Å². The summed E-state index contributed by atoms with van der Waals surface area (Å²) in [5.41, 5.74) is 1.18. The molecule has 0 aromatic heterocycles. The summed E-state index contributed by atoms with van der Waals surface area (Å²) < 4.78 is 0. The third kappa shape index (κ3) is 5.32. The van der Waals surface area contributed by atoms with Crippen LogP contribution in [0.1, 0.15) is 33.3 Å². The van der Waals surface area contributed by atoms with Crippen LogP contribution in [0, 0.1) is 0 Å². The Labute approximate surface area is 110 Å². The minimum Gasteiger partial charge on any atom is -0.353 e. The van der Waals surface area contributed by atoms with Gasteiger partial charge in [0.05, 0.1) is 6.04 Å². The summed E-state index contributed by atoms with van der Waals surface area (Å²) in [6, 6.07) is 10.4. The Morgan fingerprint density at radius 2 is 1.67 bits per heavy atom. The summed E-state index contributed by atoms with van der Waals surface area (Å²) in [6.07, 6.45) is 0.720. The van der Waals surface area contributed by atoms with Gasteiger partial charge in [0.1, 0.15) is 0 Å². The number of carbonyl (C=O) groups is 1. The number of benzene rings is 1. The van der Waals surface area contributed by atoms with Crippen LogP contribution >= 0.6 is 0 Å². The van der Waals surface area contributed by atoms with Gasteiger partial charge in [-0.3, -0.25) is 4.79 Å². The maximum atomic E-state index is 12.1. The van der Waals surface area contributed by atoms with E-state index in [1.54, 1.807) is 0 Å². The van der Waals surface area contributed by atoms with Gasteiger partial charge in [0.2, 0.25) is 5.91 Å². The van der Waals surface area contributed by atoms with Crippen LogP contribution in [0.4, 0.5) is 0 Å². The van der Waals surface area contributed by atoms with Crippen molar-refractivity contribution in [3.63, 3.8) is 0 Å². The summed E-state index contributed by atoms with van der Waals surface area (Å²) in [4.78, 5) is 12.1. The smallest absolute Gasteiger partial charge is 0.237 e. The van der Waals surface area contributed by atoms with Crippen LogP contribution in [0.25, 0.3) is 0 Å². The topological polar surface area (TPSA) is 41.1 Å². The molecular formula is C15H24N2O. The molecule has 0 saturated carbocycles. The summed E-state index contributed by atoms with van der Waals surface area (Å²) in [5.74, 6) is 0.0718. The molecule has 1 atom stereocenters. The average Bonchev–Trinajstić information content (AvgIpc) is 2.28. The van der Waals surface area contributed by atoms with Gasteiger partial charge < -0.3 is 10.6 Å². The molecule has 18 heavy (non-hydrogen) atoms. The number of amides is 1. The number of carbonyl (C=O) groups excluding carboxylic acids is 1. The van der Waals surface area contributed by atoms with Gasteiger partial charge in [-0.1, -0.05) is 44.2 Å². The molecule has 0 radical (unpaired) electrons. The van der Waals surface area contributed by atoms with Gasteiger partial charge in [0.15, 0.2) is 0 Å². The highest BCUT2D eigenvalue weighted by atomic mass is 16.2. The zero-order chi connectivity index (χ0) is 13.5. The van der Waals surface area contributed by atoms with Crippen molar-refractivity contribution in [1.82, 2.24) is 10.6 Å². The Hall–Kier alpha value is -1.35. The fourth-order valence-electron chi connectivity index (χ4n) is 1.86. The third-order valence-electron chi connectivity index (χ3n) is 2.56. The number of rotatable bonds is 6. The van der Waals surface area contributed by atoms with E-state index < -0.39 is 0 Å². The maximum absolute atomic E-state index is 12.1. The van der Waals surface area contributed by atoms with E-state index in [2.05, 4.69) is 36.6 Å². The molecule has 0 spiro atoms. The Kier molecular flexibility index (Phi) is 5.86. The molecule has 0 aliphatic carbocycles. The highest BCUT2D eigenvalue weighted by molar-refractivity contribution is 5.82. The lowest BCUT2D eigenvalue weighted by Gasteiger charge is -2.22. The minimum atomic E-state index is -0.171. The zero-order valence-corrected chi connectivity index (χ0v) is 11.7. The van der Waals surface area contributed by atoms with E-state index in [-0.39, 0.29) is 24.0 Å². The average molecular weight is 248 g/mol. The summed E-state index contributed by atoms with van der Waals surface area (Å²) >= 11 is 0. The lowest BCUT2D eigenvalue weighted by molar-refractivity contribution is -0.123. The van der Waals surface area contributed by atoms with Crippen molar-refractivity contribution in [2.45, 2.75) is 52.2 Å². The second-order valence-corrected chi connectivity index (χ2v) is 5.23. The Morgan fingerprint density at radius 3 is 2.17 bits per heavy atom. The predicted octanol–water partition coefficient (Wildman–Crippen LogP) is 2.12. The van der Waals surface area contributed by atoms with Gasteiger partial charge in [-0.25, -0.2) is 0 Å². The first-order valence-electron chi connectivity index (χ1n) is 6.59. The normalized spacial score (nSPS) is 12.8. The largest absolute Gasteiger partial charge is 0.353 e. The van der Waals surface area contributed by atoms with Crippen LogP contribution in [0.2, 0.25) is 0 Å². The quantitative estimate of drug-likeness (QED) is 0.809. The van der Waals surface area contributed by atoms with Gasteiger partial charge in [-0.2, -0.15) is 0 Å². The van der Waals surface area contributed by atoms with E-state index in [1.807, 2.05) is 32.0 Å². The second kappa shape index (κ2) is 7.17. The predicted molar refractivity (Wildman–Crippen MR) is 75.5 cm³/mol. The first kappa shape index (κ1) is 14.7. The summed E-state index contributed by atoms with van der Waals surface area (Å²) in [6.45, 7) is 8.07. The van der Waals surface area contributed by atoms with Crippen LogP contribution in [0.5, 0.6) is 0 Å². The molecule has 0 aliphatic rings. The first-order valence-corrected chi connectivity index (χ1v) is 6.59. The van der Waals surface area contributed by atoms with Crippen LogP contribution in [-0.2, 0) is 11.2 Å². The van der Waals surface area contributed by atoms with Crippen LogP contribution in [-0.4, -0.2) is 24.0 Å². The van der Waals surface area contributed by atoms with Crippen molar-refractivity contribution in [1.29, 1.82) is 0 Å². The van der Waals surface area contributed by atoms with Gasteiger partial charge >= 0.3 is 0 Å². The molecule has 1 aromatic rings. The van der Waals surface area contributed by atoms with E-state index >= 15 is 0 Å². The van der Waals surface area contributed by atoms with Crippen LogP contribution < -0.4 is 10.6 Å². The lowest BCUT2D eigenvalue weighted by Crippen LogP contribution is -2.49.